The third-order valence-corrected chi connectivity index (χ3v) is 4.35. The Hall–Kier alpha value is 0. The van der Waals surface area contributed by atoms with Crippen molar-refractivity contribution >= 4 is 0 Å². The summed E-state index contributed by atoms with van der Waals surface area (Å²) in [6.45, 7) is 7.11. The van der Waals surface area contributed by atoms with Gasteiger partial charge in [-0.1, -0.05) is 27.2 Å². The van der Waals surface area contributed by atoms with Gasteiger partial charge >= 0.3 is 0 Å². The average Bonchev–Trinajstić information content (AvgIpc) is 1.81. The van der Waals surface area contributed by atoms with Crippen molar-refractivity contribution in [3.63, 3.8) is 0 Å². The van der Waals surface area contributed by atoms with E-state index in [1.54, 1.807) is 25.7 Å². The molecule has 0 aromatic carbocycles. The summed E-state index contributed by atoms with van der Waals surface area (Å²) in [7, 11) is 0. The van der Waals surface area contributed by atoms with Gasteiger partial charge < -0.3 is 0 Å². The summed E-state index contributed by atoms with van der Waals surface area (Å²) in [6, 6.07) is 0. The topological polar surface area (TPSA) is 0 Å². The lowest BCUT2D eigenvalue weighted by Crippen LogP contribution is -2.48. The Morgan fingerprint density at radius 3 is 2.17 bits per heavy atom. The van der Waals surface area contributed by atoms with E-state index < -0.39 is 0 Å². The van der Waals surface area contributed by atoms with Crippen LogP contribution in [0.15, 0.2) is 0 Å². The Bertz CT molecular complexity index is 155. The van der Waals surface area contributed by atoms with E-state index in [4.69, 9.17) is 0 Å². The van der Waals surface area contributed by atoms with E-state index >= 15 is 0 Å². The maximum absolute atomic E-state index is 2.38. The molecule has 0 unspecified atom stereocenters. The van der Waals surface area contributed by atoms with E-state index in [0.29, 0.717) is 0 Å². The largest absolute Gasteiger partial charge is 0.0651 e. The molecule has 0 amide bonds. The van der Waals surface area contributed by atoms with Crippen LogP contribution in [0.5, 0.6) is 0 Å². The maximum Gasteiger partial charge on any atom is -0.0287 e. The van der Waals surface area contributed by atoms with Gasteiger partial charge in [0.1, 0.15) is 0 Å². The van der Waals surface area contributed by atoms with Gasteiger partial charge in [-0.3, -0.25) is 0 Å². The highest BCUT2D eigenvalue weighted by Gasteiger charge is 2.52. The molecule has 0 aromatic heterocycles. The molecule has 2 aliphatic rings. The first kappa shape index (κ1) is 8.59. The monoisotopic (exact) mass is 166 g/mol. The Kier molecular flexibility index (Phi) is 1.97. The van der Waals surface area contributed by atoms with Crippen molar-refractivity contribution in [2.45, 2.75) is 52.9 Å². The molecule has 0 saturated heterocycles. The van der Waals surface area contributed by atoms with Crippen molar-refractivity contribution in [2.24, 2.45) is 23.2 Å². The molecule has 0 bridgehead atoms. The van der Waals surface area contributed by atoms with Crippen molar-refractivity contribution < 1.29 is 0 Å². The highest BCUT2D eigenvalue weighted by molar-refractivity contribution is 5.02. The van der Waals surface area contributed by atoms with Crippen molar-refractivity contribution in [1.82, 2.24) is 0 Å². The lowest BCUT2D eigenvalue weighted by Gasteiger charge is -2.59. The molecule has 70 valence electrons. The summed E-state index contributed by atoms with van der Waals surface area (Å²) in [5, 5.41) is 0. The smallest absolute Gasteiger partial charge is 0.0287 e. The van der Waals surface area contributed by atoms with Crippen molar-refractivity contribution in [3.8, 4) is 0 Å². The first-order valence-corrected chi connectivity index (χ1v) is 5.65. The van der Waals surface area contributed by atoms with Crippen LogP contribution in [0.4, 0.5) is 0 Å². The highest BCUT2D eigenvalue weighted by Crippen LogP contribution is 2.63. The minimum Gasteiger partial charge on any atom is -0.0651 e. The van der Waals surface area contributed by atoms with E-state index in [1.165, 1.54) is 6.42 Å². The molecule has 0 N–H and O–H groups in total. The number of rotatable bonds is 2. The Labute approximate surface area is 76.7 Å². The van der Waals surface area contributed by atoms with Crippen molar-refractivity contribution in [1.29, 1.82) is 0 Å². The Balaban J connectivity index is 1.75. The molecule has 2 rings (SSSR count). The standard InChI is InChI=1S/C12H22/c1-4-10-5-12(6-10)7-11(8-12)9(2)3/h9-11H,4-8H2,1-3H3. The fourth-order valence-electron chi connectivity index (χ4n) is 3.31. The van der Waals surface area contributed by atoms with Gasteiger partial charge in [0.15, 0.2) is 0 Å². The van der Waals surface area contributed by atoms with Crippen molar-refractivity contribution in [2.75, 3.05) is 0 Å². The van der Waals surface area contributed by atoms with Crippen LogP contribution >= 0.6 is 0 Å². The van der Waals surface area contributed by atoms with Crippen LogP contribution in [0.1, 0.15) is 52.9 Å². The van der Waals surface area contributed by atoms with Crippen LogP contribution in [0.2, 0.25) is 0 Å². The third-order valence-electron chi connectivity index (χ3n) is 4.35. The second-order valence-corrected chi connectivity index (χ2v) is 5.59. The van der Waals surface area contributed by atoms with E-state index in [2.05, 4.69) is 20.8 Å². The highest BCUT2D eigenvalue weighted by atomic mass is 14.6. The predicted octanol–water partition coefficient (Wildman–Crippen LogP) is 3.86. The summed E-state index contributed by atoms with van der Waals surface area (Å²) in [5.41, 5.74) is 0.871. The minimum absolute atomic E-state index is 0.871. The molecule has 1 spiro atoms. The Morgan fingerprint density at radius 2 is 1.75 bits per heavy atom. The Morgan fingerprint density at radius 1 is 1.17 bits per heavy atom. The quantitative estimate of drug-likeness (QED) is 0.584. The molecule has 2 aliphatic carbocycles. The number of hydrogen-bond donors (Lipinski definition) is 0. The van der Waals surface area contributed by atoms with E-state index in [0.717, 1.165) is 23.2 Å². The lowest BCUT2D eigenvalue weighted by atomic mass is 9.46. The maximum atomic E-state index is 2.38. The zero-order chi connectivity index (χ0) is 8.77. The lowest BCUT2D eigenvalue weighted by molar-refractivity contribution is -0.0833. The first-order chi connectivity index (χ1) is 5.65. The van der Waals surface area contributed by atoms with E-state index in [9.17, 15) is 0 Å². The van der Waals surface area contributed by atoms with Crippen LogP contribution in [-0.4, -0.2) is 0 Å². The van der Waals surface area contributed by atoms with Gasteiger partial charge in [0.25, 0.3) is 0 Å². The van der Waals surface area contributed by atoms with Crippen LogP contribution in [0.3, 0.4) is 0 Å². The summed E-state index contributed by atoms with van der Waals surface area (Å²) < 4.78 is 0. The predicted molar refractivity (Wildman–Crippen MR) is 53.0 cm³/mol. The van der Waals surface area contributed by atoms with Gasteiger partial charge in [0.2, 0.25) is 0 Å². The van der Waals surface area contributed by atoms with Gasteiger partial charge in [0.05, 0.1) is 0 Å². The first-order valence-electron chi connectivity index (χ1n) is 5.65. The fraction of sp³-hybridized carbons (Fsp3) is 1.00. The normalized spacial score (nSPS) is 46.0. The summed E-state index contributed by atoms with van der Waals surface area (Å²) in [6.07, 6.45) is 7.66. The second kappa shape index (κ2) is 2.75. The van der Waals surface area contributed by atoms with Crippen molar-refractivity contribution in [3.05, 3.63) is 0 Å². The third kappa shape index (κ3) is 1.20. The molecule has 0 aromatic rings. The molecule has 0 aliphatic heterocycles. The second-order valence-electron chi connectivity index (χ2n) is 5.59. The van der Waals surface area contributed by atoms with Gasteiger partial charge in [0, 0.05) is 0 Å². The van der Waals surface area contributed by atoms with Gasteiger partial charge in [-0.25, -0.2) is 0 Å². The molecule has 0 radical (unpaired) electrons. The van der Waals surface area contributed by atoms with Crippen LogP contribution in [0.25, 0.3) is 0 Å². The molecular formula is C12H22. The molecule has 12 heavy (non-hydrogen) atoms. The van der Waals surface area contributed by atoms with Gasteiger partial charge in [-0.2, -0.15) is 0 Å². The summed E-state index contributed by atoms with van der Waals surface area (Å²) in [4.78, 5) is 0. The average molecular weight is 166 g/mol. The SMILES string of the molecule is CCC1CC2(C1)CC(C(C)C)C2. The summed E-state index contributed by atoms with van der Waals surface area (Å²) in [5.74, 6) is 3.11. The minimum atomic E-state index is 0.871. The fourth-order valence-corrected chi connectivity index (χ4v) is 3.31. The van der Waals surface area contributed by atoms with E-state index in [-0.39, 0.29) is 0 Å². The van der Waals surface area contributed by atoms with Crippen LogP contribution < -0.4 is 0 Å². The molecule has 2 fully saturated rings. The number of hydrogen-bond acceptors (Lipinski definition) is 0. The molecule has 0 atom stereocenters. The van der Waals surface area contributed by atoms with Crippen LogP contribution in [0, 0.1) is 23.2 Å². The molecule has 0 nitrogen and oxygen atoms in total. The zero-order valence-electron chi connectivity index (χ0n) is 8.77. The van der Waals surface area contributed by atoms with Gasteiger partial charge in [-0.15, -0.1) is 0 Å². The molecule has 0 heteroatoms. The molecule has 2 saturated carbocycles. The van der Waals surface area contributed by atoms with E-state index in [1.807, 2.05) is 0 Å². The van der Waals surface area contributed by atoms with Crippen LogP contribution in [-0.2, 0) is 0 Å². The summed E-state index contributed by atoms with van der Waals surface area (Å²) >= 11 is 0. The molecular weight excluding hydrogens is 144 g/mol. The van der Waals surface area contributed by atoms with Gasteiger partial charge in [-0.05, 0) is 48.9 Å². The molecule has 0 heterocycles. The zero-order valence-corrected chi connectivity index (χ0v) is 8.77.